The van der Waals surface area contributed by atoms with E-state index in [1.54, 1.807) is 6.92 Å². The van der Waals surface area contributed by atoms with Crippen LogP contribution >= 0.6 is 15.9 Å². The largest absolute Gasteiger partial charge is 0.343 e. The molecule has 2 amide bonds. The maximum absolute atomic E-state index is 13.4. The summed E-state index contributed by atoms with van der Waals surface area (Å²) in [5.74, 6) is 0.716. The molecule has 1 atom stereocenters. The van der Waals surface area contributed by atoms with E-state index in [1.807, 2.05) is 9.80 Å². The van der Waals surface area contributed by atoms with Crippen LogP contribution in [0, 0.1) is 5.92 Å². The molecule has 6 heteroatoms. The molecule has 0 bridgehead atoms. The number of likely N-dealkylation sites (tertiary alicyclic amines) is 1. The van der Waals surface area contributed by atoms with Gasteiger partial charge in [0.1, 0.15) is 0 Å². The van der Waals surface area contributed by atoms with E-state index < -0.39 is 0 Å². The Morgan fingerprint density at radius 1 is 0.886 bits per heavy atom. The summed E-state index contributed by atoms with van der Waals surface area (Å²) in [6.07, 6.45) is 2.39. The van der Waals surface area contributed by atoms with Crippen molar-refractivity contribution in [3.63, 3.8) is 0 Å². The lowest BCUT2D eigenvalue weighted by Gasteiger charge is -2.42. The molecular formula is C29H36BrN3O2. The van der Waals surface area contributed by atoms with Gasteiger partial charge in [0.25, 0.3) is 0 Å². The lowest BCUT2D eigenvalue weighted by atomic mass is 9.92. The summed E-state index contributed by atoms with van der Waals surface area (Å²) in [7, 11) is 0. The molecule has 0 spiro atoms. The highest BCUT2D eigenvalue weighted by Gasteiger charge is 2.33. The van der Waals surface area contributed by atoms with Crippen LogP contribution < -0.4 is 0 Å². The Hall–Kier alpha value is -2.44. The molecule has 0 aromatic heterocycles. The molecule has 2 aromatic carbocycles. The predicted octanol–water partition coefficient (Wildman–Crippen LogP) is 5.63. The first-order valence-electron chi connectivity index (χ1n) is 12.6. The van der Waals surface area contributed by atoms with Crippen molar-refractivity contribution in [2.75, 3.05) is 32.7 Å². The lowest BCUT2D eigenvalue weighted by molar-refractivity contribution is -0.133. The topological polar surface area (TPSA) is 43.9 Å². The van der Waals surface area contributed by atoms with Gasteiger partial charge in [-0.1, -0.05) is 64.0 Å². The number of carbonyl (C=O) groups is 2. The Kier molecular flexibility index (Phi) is 8.45. The minimum atomic E-state index is 0.131. The number of piperidine rings is 1. The fraction of sp³-hybridized carbons (Fsp3) is 0.448. The van der Waals surface area contributed by atoms with Crippen LogP contribution in [0.5, 0.6) is 0 Å². The molecule has 1 unspecified atom stereocenters. The third-order valence-electron chi connectivity index (χ3n) is 7.36. The molecule has 186 valence electrons. The number of rotatable bonds is 5. The second-order valence-electron chi connectivity index (χ2n) is 9.98. The first kappa shape index (κ1) is 25.6. The molecule has 2 heterocycles. The number of piperazine rings is 1. The van der Waals surface area contributed by atoms with Crippen LogP contribution in [0.15, 0.2) is 70.3 Å². The van der Waals surface area contributed by atoms with Gasteiger partial charge in [0, 0.05) is 56.2 Å². The van der Waals surface area contributed by atoms with Crippen molar-refractivity contribution in [3.8, 4) is 0 Å². The highest BCUT2D eigenvalue weighted by Crippen LogP contribution is 2.33. The Labute approximate surface area is 217 Å². The summed E-state index contributed by atoms with van der Waals surface area (Å²) in [5.41, 5.74) is 4.84. The second-order valence-corrected chi connectivity index (χ2v) is 10.9. The van der Waals surface area contributed by atoms with Crippen LogP contribution in [0.1, 0.15) is 57.2 Å². The van der Waals surface area contributed by atoms with Crippen LogP contribution in [0.2, 0.25) is 0 Å². The van der Waals surface area contributed by atoms with Gasteiger partial charge in [-0.3, -0.25) is 14.5 Å². The minimum absolute atomic E-state index is 0.131. The number of halogens is 1. The van der Waals surface area contributed by atoms with Gasteiger partial charge >= 0.3 is 0 Å². The van der Waals surface area contributed by atoms with Gasteiger partial charge < -0.3 is 9.80 Å². The predicted molar refractivity (Wildman–Crippen MR) is 144 cm³/mol. The molecule has 0 radical (unpaired) electrons. The van der Waals surface area contributed by atoms with Crippen LogP contribution in [0.25, 0.3) is 0 Å². The molecule has 2 aliphatic rings. The zero-order valence-corrected chi connectivity index (χ0v) is 22.6. The van der Waals surface area contributed by atoms with Crippen molar-refractivity contribution in [1.82, 2.24) is 14.7 Å². The summed E-state index contributed by atoms with van der Waals surface area (Å²) < 4.78 is 1.07. The van der Waals surface area contributed by atoms with E-state index in [2.05, 4.69) is 89.3 Å². The van der Waals surface area contributed by atoms with Crippen LogP contribution in [0.3, 0.4) is 0 Å². The molecule has 0 aliphatic carbocycles. The molecule has 2 aliphatic heterocycles. The number of hydrogen-bond acceptors (Lipinski definition) is 3. The molecule has 2 saturated heterocycles. The fourth-order valence-corrected chi connectivity index (χ4v) is 5.61. The van der Waals surface area contributed by atoms with E-state index in [-0.39, 0.29) is 17.9 Å². The highest BCUT2D eigenvalue weighted by molar-refractivity contribution is 9.10. The Balaban J connectivity index is 1.50. The van der Waals surface area contributed by atoms with Crippen molar-refractivity contribution in [1.29, 1.82) is 0 Å². The second kappa shape index (κ2) is 11.5. The minimum Gasteiger partial charge on any atom is -0.343 e. The normalized spacial score (nSPS) is 18.5. The van der Waals surface area contributed by atoms with Gasteiger partial charge in [-0.2, -0.15) is 0 Å². The van der Waals surface area contributed by atoms with Crippen LogP contribution in [-0.2, 0) is 9.59 Å². The molecular weight excluding hydrogens is 502 g/mol. The number of amides is 2. The summed E-state index contributed by atoms with van der Waals surface area (Å²) in [6.45, 7) is 9.65. The van der Waals surface area contributed by atoms with Crippen molar-refractivity contribution in [3.05, 3.63) is 81.5 Å². The number of carbonyl (C=O) groups excluding carboxylic acids is 2. The molecule has 4 rings (SSSR count). The van der Waals surface area contributed by atoms with E-state index >= 15 is 0 Å². The van der Waals surface area contributed by atoms with E-state index in [1.165, 1.54) is 16.7 Å². The van der Waals surface area contributed by atoms with Gasteiger partial charge in [0.15, 0.2) is 0 Å². The smallest absolute Gasteiger partial charge is 0.227 e. The van der Waals surface area contributed by atoms with Gasteiger partial charge in [0.05, 0.1) is 6.04 Å². The average molecular weight is 539 g/mol. The van der Waals surface area contributed by atoms with Crippen molar-refractivity contribution in [2.24, 2.45) is 5.92 Å². The molecule has 2 fully saturated rings. The lowest BCUT2D eigenvalue weighted by Crippen LogP contribution is -2.49. The summed E-state index contributed by atoms with van der Waals surface area (Å²) >= 11 is 3.57. The van der Waals surface area contributed by atoms with Gasteiger partial charge in [-0.25, -0.2) is 0 Å². The third-order valence-corrected chi connectivity index (χ3v) is 7.89. The number of allylic oxidation sites excluding steroid dienone is 1. The quantitative estimate of drug-likeness (QED) is 0.496. The molecule has 35 heavy (non-hydrogen) atoms. The van der Waals surface area contributed by atoms with E-state index in [0.717, 1.165) is 49.2 Å². The van der Waals surface area contributed by atoms with E-state index in [9.17, 15) is 9.59 Å². The Morgan fingerprint density at radius 3 is 2.11 bits per heavy atom. The van der Waals surface area contributed by atoms with Gasteiger partial charge in [-0.15, -0.1) is 0 Å². The molecule has 2 aromatic rings. The molecule has 5 nitrogen and oxygen atoms in total. The van der Waals surface area contributed by atoms with E-state index in [4.69, 9.17) is 0 Å². The average Bonchev–Trinajstić information content (AvgIpc) is 2.86. The maximum Gasteiger partial charge on any atom is 0.227 e. The summed E-state index contributed by atoms with van der Waals surface area (Å²) in [5, 5.41) is 0. The highest BCUT2D eigenvalue weighted by atomic mass is 79.9. The zero-order valence-electron chi connectivity index (χ0n) is 21.0. The SMILES string of the molecule is CC(=O)N1CCC(CC(=O)N2CCN(C(c3ccccc3)c3ccc(Br)cc3)CC2=C(C)C)CC1. The first-order chi connectivity index (χ1) is 16.8. The summed E-state index contributed by atoms with van der Waals surface area (Å²) in [6, 6.07) is 19.4. The number of hydrogen-bond donors (Lipinski definition) is 0. The molecule has 0 saturated carbocycles. The first-order valence-corrected chi connectivity index (χ1v) is 13.4. The zero-order chi connectivity index (χ0) is 24.9. The fourth-order valence-electron chi connectivity index (χ4n) is 5.35. The van der Waals surface area contributed by atoms with Crippen LogP contribution in [-0.4, -0.2) is 59.2 Å². The standard InChI is InChI=1S/C29H36BrN3O2/c1-21(2)27-20-32(29(24-7-5-4-6-8-24)25-9-11-26(30)12-10-25)17-18-33(27)28(35)19-23-13-15-31(16-14-23)22(3)34/h4-12,23,29H,13-20H2,1-3H3. The van der Waals surface area contributed by atoms with Gasteiger partial charge in [0.2, 0.25) is 11.8 Å². The van der Waals surface area contributed by atoms with Crippen molar-refractivity contribution < 1.29 is 9.59 Å². The Bertz CT molecular complexity index is 1060. The number of benzene rings is 2. The number of nitrogens with zero attached hydrogens (tertiary/aromatic N) is 3. The third kappa shape index (κ3) is 6.22. The monoisotopic (exact) mass is 537 g/mol. The molecule has 0 N–H and O–H groups in total. The van der Waals surface area contributed by atoms with E-state index in [0.29, 0.717) is 18.9 Å². The summed E-state index contributed by atoms with van der Waals surface area (Å²) in [4.78, 5) is 31.5. The maximum atomic E-state index is 13.4. The van der Waals surface area contributed by atoms with Crippen molar-refractivity contribution in [2.45, 2.75) is 46.1 Å². The van der Waals surface area contributed by atoms with Crippen molar-refractivity contribution >= 4 is 27.7 Å². The van der Waals surface area contributed by atoms with Crippen LogP contribution in [0.4, 0.5) is 0 Å². The van der Waals surface area contributed by atoms with Gasteiger partial charge in [-0.05, 0) is 55.9 Å². The Morgan fingerprint density at radius 2 is 1.51 bits per heavy atom.